The molecule has 2 aromatic rings. The highest BCUT2D eigenvalue weighted by atomic mass is 35.5. The minimum atomic E-state index is -0.488. The van der Waals surface area contributed by atoms with Gasteiger partial charge in [0.05, 0.1) is 43.1 Å². The van der Waals surface area contributed by atoms with Crippen LogP contribution in [0, 0.1) is 23.2 Å². The molecule has 11 heteroatoms. The van der Waals surface area contributed by atoms with E-state index in [0.717, 1.165) is 75.9 Å². The first kappa shape index (κ1) is 28.3. The number of carbonyl (C=O) groups excluding carboxylic acids is 1. The monoisotopic (exact) mass is 583 g/mol. The number of nitrogens with zero attached hydrogens (tertiary/aromatic N) is 4. The summed E-state index contributed by atoms with van der Waals surface area (Å²) in [5, 5.41) is 10.3. The maximum absolute atomic E-state index is 13.0. The second-order valence-electron chi connectivity index (χ2n) is 12.6. The molecule has 5 aliphatic rings. The summed E-state index contributed by atoms with van der Waals surface area (Å²) in [6.45, 7) is 13.8. The summed E-state index contributed by atoms with van der Waals surface area (Å²) in [7, 11) is 1.71. The number of nitrogens with one attached hydrogen (secondary N) is 3. The third-order valence-electron chi connectivity index (χ3n) is 10.1. The summed E-state index contributed by atoms with van der Waals surface area (Å²) in [5.74, 6) is 2.56. The summed E-state index contributed by atoms with van der Waals surface area (Å²) in [4.78, 5) is 27.0. The summed E-state index contributed by atoms with van der Waals surface area (Å²) in [6.07, 6.45) is 3.55. The molecule has 1 amide bonds. The van der Waals surface area contributed by atoms with Gasteiger partial charge in [-0.05, 0) is 49.1 Å². The molecule has 3 N–H and O–H groups in total. The SMILES string of the molecule is CNC(=O)[C@H]1C[C@H]2C[C@H](C2(C)C)[C@@]1(C)Nc1nc(Nc2ccc3c(c2)OCCN3CCN2CCOCC2)ncc1Cl. The molecule has 1 aromatic heterocycles. The van der Waals surface area contributed by atoms with Crippen molar-refractivity contribution in [2.75, 3.05) is 75.1 Å². The predicted molar refractivity (Wildman–Crippen MR) is 161 cm³/mol. The van der Waals surface area contributed by atoms with Crippen LogP contribution in [0.15, 0.2) is 24.4 Å². The standard InChI is InChI=1S/C30H42ClN7O3/c1-29(2)19-15-21(27(39)32-4)30(3,25(29)16-19)36-26-22(31)18-33-28(35-26)34-20-5-6-23-24(17-20)41-14-11-38(23)8-7-37-9-12-40-13-10-37/h5-6,17-19,21,25H,7-16H2,1-4H3,(H,32,39)(H2,33,34,35,36)/t19-,21+,25+,30-/m0/s1. The van der Waals surface area contributed by atoms with Gasteiger partial charge in [-0.15, -0.1) is 0 Å². The first-order valence-corrected chi connectivity index (χ1v) is 15.2. The van der Waals surface area contributed by atoms with Crippen LogP contribution in [-0.2, 0) is 9.53 Å². The maximum atomic E-state index is 13.0. The molecule has 222 valence electrons. The van der Waals surface area contributed by atoms with Crippen LogP contribution in [0.25, 0.3) is 0 Å². The van der Waals surface area contributed by atoms with Crippen molar-refractivity contribution in [1.29, 1.82) is 0 Å². The molecule has 3 aliphatic carbocycles. The van der Waals surface area contributed by atoms with E-state index in [1.54, 1.807) is 13.2 Å². The molecule has 3 saturated carbocycles. The van der Waals surface area contributed by atoms with E-state index in [9.17, 15) is 4.79 Å². The third kappa shape index (κ3) is 5.30. The molecule has 7 rings (SSSR count). The quantitative estimate of drug-likeness (QED) is 0.425. The van der Waals surface area contributed by atoms with Gasteiger partial charge < -0.3 is 30.3 Å². The van der Waals surface area contributed by atoms with Gasteiger partial charge in [0.1, 0.15) is 17.4 Å². The molecule has 4 fully saturated rings. The molecule has 4 atom stereocenters. The smallest absolute Gasteiger partial charge is 0.229 e. The van der Waals surface area contributed by atoms with Crippen molar-refractivity contribution in [2.24, 2.45) is 23.2 Å². The lowest BCUT2D eigenvalue weighted by Crippen LogP contribution is -2.69. The van der Waals surface area contributed by atoms with Crippen LogP contribution in [0.5, 0.6) is 5.75 Å². The highest BCUT2D eigenvalue weighted by Gasteiger charge is 2.64. The zero-order chi connectivity index (χ0) is 28.8. The van der Waals surface area contributed by atoms with Crippen molar-refractivity contribution in [1.82, 2.24) is 20.2 Å². The second kappa shape index (κ2) is 11.1. The average molecular weight is 584 g/mol. The van der Waals surface area contributed by atoms with Crippen LogP contribution in [0.1, 0.15) is 33.6 Å². The molecule has 41 heavy (non-hydrogen) atoms. The molecule has 0 spiro atoms. The molecule has 0 unspecified atom stereocenters. The average Bonchev–Trinajstić information content (AvgIpc) is 2.97. The Morgan fingerprint density at radius 2 is 1.93 bits per heavy atom. The molecule has 1 saturated heterocycles. The minimum absolute atomic E-state index is 0.0572. The van der Waals surface area contributed by atoms with Gasteiger partial charge in [-0.1, -0.05) is 25.4 Å². The maximum Gasteiger partial charge on any atom is 0.229 e. The fourth-order valence-corrected chi connectivity index (χ4v) is 7.65. The number of benzene rings is 1. The van der Waals surface area contributed by atoms with Gasteiger partial charge in [-0.25, -0.2) is 4.98 Å². The van der Waals surface area contributed by atoms with Crippen molar-refractivity contribution in [3.8, 4) is 5.75 Å². The molecule has 10 nitrogen and oxygen atoms in total. The Morgan fingerprint density at radius 1 is 1.12 bits per heavy atom. The zero-order valence-corrected chi connectivity index (χ0v) is 25.3. The van der Waals surface area contributed by atoms with Gasteiger partial charge >= 0.3 is 0 Å². The van der Waals surface area contributed by atoms with Gasteiger partial charge in [0.25, 0.3) is 0 Å². The van der Waals surface area contributed by atoms with Gasteiger partial charge in [-0.3, -0.25) is 9.69 Å². The number of carbonyl (C=O) groups is 1. The number of aromatic nitrogens is 2. The highest BCUT2D eigenvalue weighted by Crippen LogP contribution is 2.65. The predicted octanol–water partition coefficient (Wildman–Crippen LogP) is 4.00. The van der Waals surface area contributed by atoms with Gasteiger partial charge in [0, 0.05) is 45.0 Å². The minimum Gasteiger partial charge on any atom is -0.489 e. The number of morpholine rings is 1. The van der Waals surface area contributed by atoms with Crippen LogP contribution in [0.2, 0.25) is 5.02 Å². The van der Waals surface area contributed by atoms with Crippen molar-refractivity contribution in [3.05, 3.63) is 29.4 Å². The highest BCUT2D eigenvalue weighted by molar-refractivity contribution is 6.32. The summed E-state index contributed by atoms with van der Waals surface area (Å²) in [5.41, 5.74) is 1.59. The number of halogens is 1. The van der Waals surface area contributed by atoms with E-state index in [-0.39, 0.29) is 17.2 Å². The Bertz CT molecular complexity index is 1290. The Morgan fingerprint density at radius 3 is 2.68 bits per heavy atom. The number of anilines is 4. The van der Waals surface area contributed by atoms with Crippen LogP contribution in [-0.4, -0.2) is 85.9 Å². The lowest BCUT2D eigenvalue weighted by atomic mass is 9.40. The van der Waals surface area contributed by atoms with Crippen molar-refractivity contribution >= 4 is 40.6 Å². The van der Waals surface area contributed by atoms with Crippen LogP contribution >= 0.6 is 11.6 Å². The number of hydrogen-bond acceptors (Lipinski definition) is 9. The Kier molecular flexibility index (Phi) is 7.67. The summed E-state index contributed by atoms with van der Waals surface area (Å²) in [6, 6.07) is 6.13. The third-order valence-corrected chi connectivity index (χ3v) is 10.4. The summed E-state index contributed by atoms with van der Waals surface area (Å²) < 4.78 is 11.5. The number of amides is 1. The summed E-state index contributed by atoms with van der Waals surface area (Å²) >= 11 is 6.62. The van der Waals surface area contributed by atoms with E-state index >= 15 is 0 Å². The van der Waals surface area contributed by atoms with Gasteiger partial charge in [-0.2, -0.15) is 4.98 Å². The lowest BCUT2D eigenvalue weighted by Gasteiger charge is -2.66. The number of hydrogen-bond donors (Lipinski definition) is 3. The largest absolute Gasteiger partial charge is 0.489 e. The number of ether oxygens (including phenoxy) is 2. The first-order chi connectivity index (χ1) is 19.7. The Balaban J connectivity index is 1.18. The van der Waals surface area contributed by atoms with E-state index in [1.807, 2.05) is 12.1 Å². The van der Waals surface area contributed by atoms with Crippen molar-refractivity contribution in [2.45, 2.75) is 39.2 Å². The van der Waals surface area contributed by atoms with Crippen molar-refractivity contribution in [3.63, 3.8) is 0 Å². The topological polar surface area (TPSA) is 104 Å². The van der Waals surface area contributed by atoms with E-state index in [1.165, 1.54) is 0 Å². The number of fused-ring (bicyclic) bond motifs is 3. The molecule has 3 heterocycles. The second-order valence-corrected chi connectivity index (χ2v) is 13.0. The molecule has 2 bridgehead atoms. The zero-order valence-electron chi connectivity index (χ0n) is 24.5. The Hall–Kier alpha value is -2.82. The fourth-order valence-electron chi connectivity index (χ4n) is 7.51. The fraction of sp³-hybridized carbons (Fsp3) is 0.633. The first-order valence-electron chi connectivity index (χ1n) is 14.8. The lowest BCUT2D eigenvalue weighted by molar-refractivity contribution is -0.155. The molecule has 1 aromatic carbocycles. The van der Waals surface area contributed by atoms with E-state index < -0.39 is 5.54 Å². The number of rotatable bonds is 8. The van der Waals surface area contributed by atoms with Crippen LogP contribution in [0.3, 0.4) is 0 Å². The Labute approximate surface area is 247 Å². The van der Waals surface area contributed by atoms with E-state index in [2.05, 4.69) is 57.6 Å². The molecule has 0 radical (unpaired) electrons. The molecule has 2 aliphatic heterocycles. The molecular weight excluding hydrogens is 542 g/mol. The van der Waals surface area contributed by atoms with E-state index in [0.29, 0.717) is 35.2 Å². The van der Waals surface area contributed by atoms with Crippen LogP contribution in [0.4, 0.5) is 23.1 Å². The normalized spacial score (nSPS) is 28.6. The van der Waals surface area contributed by atoms with Gasteiger partial charge in [0.2, 0.25) is 11.9 Å². The van der Waals surface area contributed by atoms with E-state index in [4.69, 9.17) is 26.1 Å². The van der Waals surface area contributed by atoms with Gasteiger partial charge in [0.15, 0.2) is 5.82 Å². The van der Waals surface area contributed by atoms with Crippen LogP contribution < -0.4 is 25.6 Å². The van der Waals surface area contributed by atoms with Crippen molar-refractivity contribution < 1.29 is 14.3 Å². The molecular formula is C30H42ClN7O3.